The van der Waals surface area contributed by atoms with Gasteiger partial charge in [-0.3, -0.25) is 14.2 Å². The average molecular weight is 427 g/mol. The van der Waals surface area contributed by atoms with E-state index in [0.717, 1.165) is 36.7 Å². The van der Waals surface area contributed by atoms with Gasteiger partial charge in [-0.2, -0.15) is 0 Å². The lowest BCUT2D eigenvalue weighted by molar-refractivity contribution is 0.103. The topological polar surface area (TPSA) is 67.2 Å². The lowest BCUT2D eigenvalue weighted by Gasteiger charge is -2.19. The molecule has 0 radical (unpaired) electrons. The van der Waals surface area contributed by atoms with Gasteiger partial charge in [0.25, 0.3) is 11.5 Å². The molecule has 7 heteroatoms. The number of para-hydroxylation sites is 1. The molecule has 1 aromatic carbocycles. The third-order valence-electron chi connectivity index (χ3n) is 5.58. The summed E-state index contributed by atoms with van der Waals surface area (Å²) in [6.07, 6.45) is 0.672. The normalized spacial score (nSPS) is 11.4. The first-order valence-corrected chi connectivity index (χ1v) is 11.3. The van der Waals surface area contributed by atoms with Gasteiger partial charge in [-0.15, -0.1) is 11.3 Å². The number of hydrogen-bond acceptors (Lipinski definition) is 5. The Morgan fingerprint density at radius 3 is 2.50 bits per heavy atom. The molecule has 0 atom stereocenters. The van der Waals surface area contributed by atoms with Crippen LogP contribution in [-0.2, 0) is 13.0 Å². The standard InChI is InChI=1S/C23H30N4O2S/c1-6-18-25-22-19(23(29)27(18)14-13-26(7-2)8-3)16(5)20(30-22)21(28)24-17-12-10-9-11-15(17)4/h9-12H,6-8,13-14H2,1-5H3,(H,24,28). The summed E-state index contributed by atoms with van der Waals surface area (Å²) >= 11 is 1.30. The smallest absolute Gasteiger partial charge is 0.266 e. The molecule has 0 spiro atoms. The summed E-state index contributed by atoms with van der Waals surface area (Å²) in [5.74, 6) is 0.573. The van der Waals surface area contributed by atoms with Crippen LogP contribution in [0.15, 0.2) is 29.1 Å². The van der Waals surface area contributed by atoms with Gasteiger partial charge in [-0.25, -0.2) is 4.98 Å². The molecule has 2 heterocycles. The van der Waals surface area contributed by atoms with Gasteiger partial charge in [0.15, 0.2) is 0 Å². The number of benzene rings is 1. The maximum absolute atomic E-state index is 13.3. The molecule has 0 aliphatic heterocycles. The molecule has 6 nitrogen and oxygen atoms in total. The molecule has 30 heavy (non-hydrogen) atoms. The molecule has 3 aromatic rings. The van der Waals surface area contributed by atoms with Crippen molar-refractivity contribution in [3.63, 3.8) is 0 Å². The van der Waals surface area contributed by atoms with Crippen molar-refractivity contribution >= 4 is 33.1 Å². The Morgan fingerprint density at radius 1 is 1.17 bits per heavy atom. The predicted octanol–water partition coefficient (Wildman–Crippen LogP) is 4.23. The third-order valence-corrected chi connectivity index (χ3v) is 6.76. The fourth-order valence-corrected chi connectivity index (χ4v) is 4.73. The second kappa shape index (κ2) is 9.53. The lowest BCUT2D eigenvalue weighted by atomic mass is 10.1. The number of fused-ring (bicyclic) bond motifs is 1. The molecule has 0 aliphatic carbocycles. The molecule has 0 bridgehead atoms. The monoisotopic (exact) mass is 426 g/mol. The number of nitrogens with zero attached hydrogens (tertiary/aromatic N) is 3. The lowest BCUT2D eigenvalue weighted by Crippen LogP contribution is -2.33. The second-order valence-electron chi connectivity index (χ2n) is 7.37. The molecule has 0 unspecified atom stereocenters. The van der Waals surface area contributed by atoms with E-state index in [1.54, 1.807) is 4.57 Å². The minimum Gasteiger partial charge on any atom is -0.321 e. The van der Waals surface area contributed by atoms with Gasteiger partial charge in [-0.1, -0.05) is 39.0 Å². The fourth-order valence-electron chi connectivity index (χ4n) is 3.65. The van der Waals surface area contributed by atoms with E-state index >= 15 is 0 Å². The van der Waals surface area contributed by atoms with E-state index < -0.39 is 0 Å². The minimum absolute atomic E-state index is 0.0484. The molecule has 160 valence electrons. The van der Waals surface area contributed by atoms with Gasteiger partial charge in [-0.05, 0) is 44.1 Å². The predicted molar refractivity (Wildman–Crippen MR) is 125 cm³/mol. The number of likely N-dealkylation sites (N-methyl/N-ethyl adjacent to an activating group) is 1. The van der Waals surface area contributed by atoms with Crippen molar-refractivity contribution in [1.82, 2.24) is 14.5 Å². The summed E-state index contributed by atoms with van der Waals surface area (Å²) in [5, 5.41) is 3.54. The quantitative estimate of drug-likeness (QED) is 0.585. The van der Waals surface area contributed by atoms with E-state index in [9.17, 15) is 9.59 Å². The van der Waals surface area contributed by atoms with Crippen LogP contribution in [0.1, 0.15) is 47.4 Å². The maximum Gasteiger partial charge on any atom is 0.266 e. The van der Waals surface area contributed by atoms with Crippen LogP contribution in [0.4, 0.5) is 5.69 Å². The molecule has 3 rings (SSSR count). The number of anilines is 1. The Hall–Kier alpha value is -2.51. The molecule has 0 aliphatic rings. The van der Waals surface area contributed by atoms with E-state index in [1.807, 2.05) is 45.0 Å². The van der Waals surface area contributed by atoms with Gasteiger partial charge >= 0.3 is 0 Å². The van der Waals surface area contributed by atoms with Crippen LogP contribution >= 0.6 is 11.3 Å². The number of amides is 1. The molecule has 0 saturated carbocycles. The van der Waals surface area contributed by atoms with E-state index in [4.69, 9.17) is 4.98 Å². The molecular formula is C23H30N4O2S. The molecule has 1 amide bonds. The fraction of sp³-hybridized carbons (Fsp3) is 0.435. The van der Waals surface area contributed by atoms with Crippen LogP contribution in [0.5, 0.6) is 0 Å². The number of aryl methyl sites for hydroxylation is 3. The van der Waals surface area contributed by atoms with Crippen LogP contribution in [0.25, 0.3) is 10.2 Å². The van der Waals surface area contributed by atoms with E-state index in [-0.39, 0.29) is 11.5 Å². The van der Waals surface area contributed by atoms with Crippen molar-refractivity contribution in [2.24, 2.45) is 0 Å². The highest BCUT2D eigenvalue weighted by Crippen LogP contribution is 2.28. The Balaban J connectivity index is 2.00. The highest BCUT2D eigenvalue weighted by molar-refractivity contribution is 7.20. The van der Waals surface area contributed by atoms with Crippen molar-refractivity contribution in [3.8, 4) is 0 Å². The molecule has 0 fully saturated rings. The van der Waals surface area contributed by atoms with Gasteiger partial charge in [0, 0.05) is 25.2 Å². The number of rotatable bonds is 8. The Bertz CT molecular complexity index is 1110. The first-order chi connectivity index (χ1) is 14.4. The summed E-state index contributed by atoms with van der Waals surface area (Å²) in [7, 11) is 0. The largest absolute Gasteiger partial charge is 0.321 e. The van der Waals surface area contributed by atoms with E-state index in [0.29, 0.717) is 33.6 Å². The first-order valence-electron chi connectivity index (χ1n) is 10.5. The summed E-state index contributed by atoms with van der Waals surface area (Å²) in [4.78, 5) is 34.5. The van der Waals surface area contributed by atoms with Crippen molar-refractivity contribution in [1.29, 1.82) is 0 Å². The number of carbonyl (C=O) groups excluding carboxylic acids is 1. The number of aromatic nitrogens is 2. The van der Waals surface area contributed by atoms with Crippen molar-refractivity contribution < 1.29 is 4.79 Å². The van der Waals surface area contributed by atoms with Crippen molar-refractivity contribution in [2.75, 3.05) is 25.0 Å². The first kappa shape index (κ1) is 22.2. The number of nitrogens with one attached hydrogen (secondary N) is 1. The number of hydrogen-bond donors (Lipinski definition) is 1. The summed E-state index contributed by atoms with van der Waals surface area (Å²) in [6.45, 7) is 13.4. The van der Waals surface area contributed by atoms with Crippen molar-refractivity contribution in [2.45, 2.75) is 47.6 Å². The van der Waals surface area contributed by atoms with E-state index in [2.05, 4.69) is 24.1 Å². The zero-order chi connectivity index (χ0) is 21.8. The highest BCUT2D eigenvalue weighted by Gasteiger charge is 2.21. The van der Waals surface area contributed by atoms with Gasteiger partial charge in [0.05, 0.1) is 10.3 Å². The Morgan fingerprint density at radius 2 is 1.87 bits per heavy atom. The van der Waals surface area contributed by atoms with Crippen LogP contribution < -0.4 is 10.9 Å². The molecule has 1 N–H and O–H groups in total. The Labute approximate surface area is 181 Å². The molecular weight excluding hydrogens is 396 g/mol. The van der Waals surface area contributed by atoms with E-state index in [1.165, 1.54) is 11.3 Å². The van der Waals surface area contributed by atoms with Crippen LogP contribution in [-0.4, -0.2) is 40.0 Å². The third kappa shape index (κ3) is 4.32. The van der Waals surface area contributed by atoms with Crippen LogP contribution in [0.3, 0.4) is 0 Å². The summed E-state index contributed by atoms with van der Waals surface area (Å²) < 4.78 is 1.78. The average Bonchev–Trinajstić information content (AvgIpc) is 3.08. The zero-order valence-corrected chi connectivity index (χ0v) is 19.2. The maximum atomic E-state index is 13.3. The summed E-state index contributed by atoms with van der Waals surface area (Å²) in [5.41, 5.74) is 2.43. The Kier molecular flexibility index (Phi) is 7.05. The van der Waals surface area contributed by atoms with Crippen LogP contribution in [0, 0.1) is 13.8 Å². The molecule has 0 saturated heterocycles. The second-order valence-corrected chi connectivity index (χ2v) is 8.37. The van der Waals surface area contributed by atoms with Crippen molar-refractivity contribution in [3.05, 3.63) is 56.4 Å². The van der Waals surface area contributed by atoms with Crippen LogP contribution in [0.2, 0.25) is 0 Å². The van der Waals surface area contributed by atoms with Gasteiger partial charge < -0.3 is 10.2 Å². The SMILES string of the molecule is CCc1nc2sc(C(=O)Nc3ccccc3C)c(C)c2c(=O)n1CCN(CC)CC. The highest BCUT2D eigenvalue weighted by atomic mass is 32.1. The number of carbonyl (C=O) groups is 1. The summed E-state index contributed by atoms with van der Waals surface area (Å²) in [6, 6.07) is 7.66. The van der Waals surface area contributed by atoms with Gasteiger partial charge in [0.2, 0.25) is 0 Å². The zero-order valence-electron chi connectivity index (χ0n) is 18.4. The number of thiophene rings is 1. The molecule has 2 aromatic heterocycles. The van der Waals surface area contributed by atoms with Gasteiger partial charge in [0.1, 0.15) is 10.7 Å². The minimum atomic E-state index is -0.197.